The zero-order valence-corrected chi connectivity index (χ0v) is 17.1. The highest BCUT2D eigenvalue weighted by Crippen LogP contribution is 2.30. The van der Waals surface area contributed by atoms with Gasteiger partial charge in [0.25, 0.3) is 0 Å². The van der Waals surface area contributed by atoms with Crippen LogP contribution in [0.4, 0.5) is 0 Å². The number of carbonyl (C=O) groups excluding carboxylic acids is 2. The summed E-state index contributed by atoms with van der Waals surface area (Å²) in [5, 5.41) is 5.05. The quantitative estimate of drug-likeness (QED) is 0.724. The molecule has 0 aromatic heterocycles. The Kier molecular flexibility index (Phi) is 4.77. The van der Waals surface area contributed by atoms with Crippen LogP contribution in [0.5, 0.6) is 0 Å². The highest BCUT2D eigenvalue weighted by Gasteiger charge is 2.49. The average molecular weight is 354 g/mol. The average Bonchev–Trinajstić information content (AvgIpc) is 2.43. The molecule has 0 aromatic carbocycles. The van der Waals surface area contributed by atoms with Gasteiger partial charge in [-0.05, 0) is 55.4 Å². The fraction of sp³-hybridized carbons (Fsp3) is 0.889. The Bertz CT molecular complexity index is 568. The van der Waals surface area contributed by atoms with Crippen LogP contribution < -0.4 is 11.2 Å². The minimum Gasteiger partial charge on any atom is -0.338 e. The molecule has 2 aliphatic rings. The zero-order chi connectivity index (χ0) is 19.4. The number of nitrogens with zero attached hydrogens (tertiary/aromatic N) is 3. The molecule has 2 heterocycles. The predicted molar refractivity (Wildman–Crippen MR) is 98.6 cm³/mol. The van der Waals surface area contributed by atoms with Crippen LogP contribution in [0.25, 0.3) is 0 Å². The first-order valence-electron chi connectivity index (χ1n) is 9.03. The van der Waals surface area contributed by atoms with Crippen molar-refractivity contribution in [2.24, 2.45) is 5.84 Å². The van der Waals surface area contributed by atoms with Crippen LogP contribution in [0, 0.1) is 0 Å². The summed E-state index contributed by atoms with van der Waals surface area (Å²) in [6.07, 6.45) is 0. The molecule has 0 aromatic rings. The first-order chi connectivity index (χ1) is 11.1. The van der Waals surface area contributed by atoms with Crippen LogP contribution in [0.1, 0.15) is 55.4 Å². The Morgan fingerprint density at radius 2 is 1.36 bits per heavy atom. The number of hydrogen-bond donors (Lipinski definition) is 2. The Balaban J connectivity index is 2.12. The molecule has 0 radical (unpaired) electrons. The van der Waals surface area contributed by atoms with E-state index in [-0.39, 0.29) is 22.9 Å². The fourth-order valence-electron chi connectivity index (χ4n) is 4.35. The summed E-state index contributed by atoms with van der Waals surface area (Å²) in [7, 11) is 0. The molecule has 2 amide bonds. The van der Waals surface area contributed by atoms with Crippen LogP contribution in [0.2, 0.25) is 0 Å². The molecule has 7 heteroatoms. The van der Waals surface area contributed by atoms with Crippen molar-refractivity contribution in [2.75, 3.05) is 26.2 Å². The monoisotopic (exact) mass is 353 g/mol. The first kappa shape index (κ1) is 20.1. The molecule has 0 aliphatic carbocycles. The van der Waals surface area contributed by atoms with E-state index in [0.717, 1.165) is 0 Å². The van der Waals surface area contributed by atoms with E-state index in [2.05, 4.69) is 19.2 Å². The van der Waals surface area contributed by atoms with Gasteiger partial charge in [-0.15, -0.1) is 0 Å². The summed E-state index contributed by atoms with van der Waals surface area (Å²) in [4.78, 5) is 29.3. The molecule has 2 rings (SSSR count). The number of amides is 2. The van der Waals surface area contributed by atoms with E-state index in [9.17, 15) is 9.59 Å². The lowest BCUT2D eigenvalue weighted by atomic mass is 9.89. The molecule has 0 atom stereocenters. The van der Waals surface area contributed by atoms with Gasteiger partial charge < -0.3 is 9.80 Å². The lowest BCUT2D eigenvalue weighted by molar-refractivity contribution is -0.162. The summed E-state index contributed by atoms with van der Waals surface area (Å²) < 4.78 is 0. The van der Waals surface area contributed by atoms with Crippen LogP contribution in [-0.2, 0) is 9.59 Å². The van der Waals surface area contributed by atoms with E-state index >= 15 is 0 Å². The van der Waals surface area contributed by atoms with Crippen LogP contribution in [0.15, 0.2) is 0 Å². The molecule has 2 saturated heterocycles. The van der Waals surface area contributed by atoms with Crippen molar-refractivity contribution in [3.63, 3.8) is 0 Å². The number of hydrazine groups is 1. The lowest BCUT2D eigenvalue weighted by Crippen LogP contribution is -2.74. The minimum atomic E-state index is -0.756. The third-order valence-electron chi connectivity index (χ3n) is 5.34. The maximum atomic E-state index is 12.8. The maximum absolute atomic E-state index is 12.8. The van der Waals surface area contributed by atoms with Crippen molar-refractivity contribution in [3.8, 4) is 0 Å². The Labute approximate surface area is 151 Å². The van der Waals surface area contributed by atoms with Gasteiger partial charge in [0.2, 0.25) is 11.8 Å². The molecule has 0 saturated carbocycles. The summed E-state index contributed by atoms with van der Waals surface area (Å²) in [5.41, 5.74) is -1.83. The topological polar surface area (TPSA) is 81.9 Å². The highest BCUT2D eigenvalue weighted by molar-refractivity contribution is 5.88. The van der Waals surface area contributed by atoms with Crippen molar-refractivity contribution < 1.29 is 9.59 Å². The lowest BCUT2D eigenvalue weighted by Gasteiger charge is -2.53. The van der Waals surface area contributed by atoms with Crippen molar-refractivity contribution in [2.45, 2.75) is 77.5 Å². The third kappa shape index (κ3) is 3.68. The summed E-state index contributed by atoms with van der Waals surface area (Å²) in [6.45, 7) is 18.0. The van der Waals surface area contributed by atoms with Gasteiger partial charge in [0.1, 0.15) is 5.54 Å². The van der Waals surface area contributed by atoms with E-state index in [1.54, 1.807) is 5.01 Å². The minimum absolute atomic E-state index is 0.00966. The van der Waals surface area contributed by atoms with Crippen molar-refractivity contribution in [1.82, 2.24) is 20.1 Å². The molecule has 2 fully saturated rings. The van der Waals surface area contributed by atoms with Gasteiger partial charge >= 0.3 is 0 Å². The van der Waals surface area contributed by atoms with Crippen LogP contribution >= 0.6 is 0 Å². The Hall–Kier alpha value is -1.18. The number of nitrogens with two attached hydrogens (primary N) is 1. The largest absolute Gasteiger partial charge is 0.338 e. The summed E-state index contributed by atoms with van der Waals surface area (Å²) in [5.74, 6) is 6.28. The standard InChI is InChI=1S/C18H35N5O2/c1-15(2)11-21(13(24)17(5,6)20-15)9-10-22-12-16(3,4)23(19)18(7,8)14(22)25/h20H,9-12,19H2,1-8H3. The molecule has 7 nitrogen and oxygen atoms in total. The van der Waals surface area contributed by atoms with E-state index in [1.807, 2.05) is 51.3 Å². The van der Waals surface area contributed by atoms with Crippen molar-refractivity contribution in [3.05, 3.63) is 0 Å². The fourth-order valence-corrected chi connectivity index (χ4v) is 4.35. The van der Waals surface area contributed by atoms with Gasteiger partial charge in [-0.1, -0.05) is 0 Å². The van der Waals surface area contributed by atoms with E-state index in [4.69, 9.17) is 5.84 Å². The van der Waals surface area contributed by atoms with Gasteiger partial charge in [0.15, 0.2) is 0 Å². The van der Waals surface area contributed by atoms with Crippen LogP contribution in [-0.4, -0.2) is 75.0 Å². The van der Waals surface area contributed by atoms with E-state index < -0.39 is 11.1 Å². The molecule has 2 aliphatic heterocycles. The van der Waals surface area contributed by atoms with Gasteiger partial charge in [0, 0.05) is 37.3 Å². The van der Waals surface area contributed by atoms with Crippen molar-refractivity contribution in [1.29, 1.82) is 0 Å². The molecular formula is C18H35N5O2. The zero-order valence-electron chi connectivity index (χ0n) is 17.1. The molecular weight excluding hydrogens is 318 g/mol. The first-order valence-corrected chi connectivity index (χ1v) is 9.03. The number of hydrogen-bond acceptors (Lipinski definition) is 5. The van der Waals surface area contributed by atoms with Crippen LogP contribution in [0.3, 0.4) is 0 Å². The second kappa shape index (κ2) is 5.93. The third-order valence-corrected chi connectivity index (χ3v) is 5.34. The molecule has 0 spiro atoms. The SMILES string of the molecule is CC1(C)CN(CCN2CC(C)(C)N(N)C(C)(C)C2=O)C(=O)C(C)(C)N1. The van der Waals surface area contributed by atoms with Gasteiger partial charge in [-0.25, -0.2) is 5.01 Å². The molecule has 0 bridgehead atoms. The van der Waals surface area contributed by atoms with E-state index in [1.165, 1.54) is 0 Å². The van der Waals surface area contributed by atoms with E-state index in [0.29, 0.717) is 26.2 Å². The number of carbonyl (C=O) groups is 2. The number of rotatable bonds is 3. The molecule has 144 valence electrons. The second-order valence-electron chi connectivity index (χ2n) is 9.83. The molecule has 3 N–H and O–H groups in total. The Morgan fingerprint density at radius 1 is 0.880 bits per heavy atom. The number of piperazine rings is 2. The second-order valence-corrected chi connectivity index (χ2v) is 9.83. The smallest absolute Gasteiger partial charge is 0.244 e. The van der Waals surface area contributed by atoms with Crippen molar-refractivity contribution >= 4 is 11.8 Å². The summed E-state index contributed by atoms with van der Waals surface area (Å²) in [6, 6.07) is 0. The Morgan fingerprint density at radius 3 is 1.88 bits per heavy atom. The predicted octanol–water partition coefficient (Wildman–Crippen LogP) is 0.551. The maximum Gasteiger partial charge on any atom is 0.244 e. The van der Waals surface area contributed by atoms with Gasteiger partial charge in [-0.2, -0.15) is 0 Å². The normalized spacial score (nSPS) is 28.4. The van der Waals surface area contributed by atoms with Gasteiger partial charge in [-0.3, -0.25) is 20.7 Å². The van der Waals surface area contributed by atoms with Gasteiger partial charge in [0.05, 0.1) is 5.54 Å². The summed E-state index contributed by atoms with van der Waals surface area (Å²) >= 11 is 0. The molecule has 0 unspecified atom stereocenters. The highest BCUT2D eigenvalue weighted by atomic mass is 16.2. The molecule has 25 heavy (non-hydrogen) atoms. The number of nitrogens with one attached hydrogen (secondary N) is 1.